The summed E-state index contributed by atoms with van der Waals surface area (Å²) >= 11 is 1.58. The van der Waals surface area contributed by atoms with Gasteiger partial charge in [0.15, 0.2) is 0 Å². The predicted molar refractivity (Wildman–Crippen MR) is 50.6 cm³/mol. The molecule has 0 aliphatic heterocycles. The van der Waals surface area contributed by atoms with Crippen LogP contribution in [0.25, 0.3) is 0 Å². The Morgan fingerprint density at radius 1 is 1.77 bits per heavy atom. The second-order valence-electron chi connectivity index (χ2n) is 3.27. The Morgan fingerprint density at radius 3 is 3.15 bits per heavy atom. The Morgan fingerprint density at radius 2 is 2.54 bits per heavy atom. The van der Waals surface area contributed by atoms with Crippen molar-refractivity contribution in [2.45, 2.75) is 31.7 Å². The van der Waals surface area contributed by atoms with E-state index in [4.69, 9.17) is 0 Å². The molecule has 0 N–H and O–H groups in total. The smallest absolute Gasteiger partial charge is 0.235 e. The molecule has 4 heteroatoms. The van der Waals surface area contributed by atoms with Crippen LogP contribution in [0.5, 0.6) is 0 Å². The summed E-state index contributed by atoms with van der Waals surface area (Å²) in [5.41, 5.74) is 2.98. The lowest BCUT2D eigenvalue weighted by atomic mass is 10.2. The van der Waals surface area contributed by atoms with Gasteiger partial charge in [0.05, 0.1) is 22.1 Å². The molecule has 1 unspecified atom stereocenters. The van der Waals surface area contributed by atoms with Gasteiger partial charge in [0.1, 0.15) is 0 Å². The summed E-state index contributed by atoms with van der Waals surface area (Å²) in [7, 11) is 0. The summed E-state index contributed by atoms with van der Waals surface area (Å²) in [6.07, 6.45) is 4.06. The second kappa shape index (κ2) is 3.40. The fraction of sp³-hybridized carbons (Fsp3) is 0.556. The third kappa shape index (κ3) is 1.69. The number of aromatic nitrogens is 1. The van der Waals surface area contributed by atoms with Gasteiger partial charge in [-0.05, 0) is 19.8 Å². The van der Waals surface area contributed by atoms with Crippen molar-refractivity contribution < 1.29 is 4.79 Å². The minimum Gasteiger partial charge on any atom is -0.249 e. The van der Waals surface area contributed by atoms with Crippen LogP contribution in [0.2, 0.25) is 0 Å². The van der Waals surface area contributed by atoms with Crippen LogP contribution in [-0.4, -0.2) is 11.1 Å². The van der Waals surface area contributed by atoms with Gasteiger partial charge in [-0.2, -0.15) is 4.99 Å². The molecule has 1 aromatic rings. The Balaban J connectivity index is 2.27. The van der Waals surface area contributed by atoms with Crippen LogP contribution in [0.3, 0.4) is 0 Å². The van der Waals surface area contributed by atoms with Crippen LogP contribution < -0.4 is 0 Å². The molecule has 1 aliphatic carbocycles. The highest BCUT2D eigenvalue weighted by atomic mass is 32.1. The number of hydrogen-bond donors (Lipinski definition) is 0. The van der Waals surface area contributed by atoms with E-state index in [1.165, 1.54) is 12.8 Å². The van der Waals surface area contributed by atoms with Crippen molar-refractivity contribution in [3.05, 3.63) is 16.1 Å². The molecule has 1 saturated carbocycles. The number of hydrogen-bond acceptors (Lipinski definition) is 4. The molecule has 1 atom stereocenters. The maximum atomic E-state index is 10.1. The number of aliphatic imine (C=N–C) groups is 1. The summed E-state index contributed by atoms with van der Waals surface area (Å²) in [6, 6.07) is -0.0689. The Bertz CT molecular complexity index is 350. The molecule has 13 heavy (non-hydrogen) atoms. The molecule has 2 rings (SSSR count). The lowest BCUT2D eigenvalue weighted by molar-refractivity contribution is 0.559. The van der Waals surface area contributed by atoms with Gasteiger partial charge in [0.2, 0.25) is 6.08 Å². The van der Waals surface area contributed by atoms with Gasteiger partial charge in [-0.15, -0.1) is 11.3 Å². The maximum absolute atomic E-state index is 10.1. The molecule has 0 amide bonds. The van der Waals surface area contributed by atoms with Crippen molar-refractivity contribution in [3.63, 3.8) is 0 Å². The topological polar surface area (TPSA) is 42.3 Å². The van der Waals surface area contributed by atoms with Crippen molar-refractivity contribution >= 4 is 17.4 Å². The molecular formula is C9H10N2OS. The molecule has 0 aromatic carbocycles. The average molecular weight is 194 g/mol. The van der Waals surface area contributed by atoms with Crippen LogP contribution in [-0.2, 0) is 4.79 Å². The van der Waals surface area contributed by atoms with Crippen LogP contribution in [0.15, 0.2) is 10.5 Å². The highest BCUT2D eigenvalue weighted by Gasteiger charge is 2.29. The summed E-state index contributed by atoms with van der Waals surface area (Å²) in [5, 5.41) is 0. The molecule has 0 radical (unpaired) electrons. The van der Waals surface area contributed by atoms with Crippen molar-refractivity contribution in [2.75, 3.05) is 0 Å². The lowest BCUT2D eigenvalue weighted by Gasteiger charge is -2.02. The Labute approximate surface area is 80.5 Å². The summed E-state index contributed by atoms with van der Waals surface area (Å²) in [6.45, 7) is 1.91. The molecule has 1 aliphatic rings. The molecule has 3 nitrogen and oxygen atoms in total. The standard InChI is InChI=1S/C9H10N2OS/c1-6(10-4-12)9-8(7-2-3-7)11-5-13-9/h5-7H,2-3H2,1H3. The van der Waals surface area contributed by atoms with Gasteiger partial charge in [0.25, 0.3) is 0 Å². The average Bonchev–Trinajstić information content (AvgIpc) is 2.84. The van der Waals surface area contributed by atoms with Gasteiger partial charge in [-0.1, -0.05) is 0 Å². The maximum Gasteiger partial charge on any atom is 0.235 e. The second-order valence-corrected chi connectivity index (χ2v) is 4.16. The van der Waals surface area contributed by atoms with E-state index in [1.807, 2.05) is 12.4 Å². The van der Waals surface area contributed by atoms with Crippen LogP contribution >= 0.6 is 11.3 Å². The van der Waals surface area contributed by atoms with Crippen molar-refractivity contribution in [2.24, 2.45) is 4.99 Å². The van der Waals surface area contributed by atoms with Crippen molar-refractivity contribution in [1.29, 1.82) is 0 Å². The molecule has 1 aromatic heterocycles. The molecule has 0 bridgehead atoms. The van der Waals surface area contributed by atoms with E-state index in [2.05, 4.69) is 9.98 Å². The molecule has 0 saturated heterocycles. The SMILES string of the molecule is CC(N=C=O)c1scnc1C1CC1. The molecular weight excluding hydrogens is 184 g/mol. The van der Waals surface area contributed by atoms with E-state index in [-0.39, 0.29) is 6.04 Å². The van der Waals surface area contributed by atoms with Crippen molar-refractivity contribution in [1.82, 2.24) is 4.98 Å². The molecule has 68 valence electrons. The predicted octanol–water partition coefficient (Wildman–Crippen LogP) is 2.42. The minimum absolute atomic E-state index is 0.0689. The summed E-state index contributed by atoms with van der Waals surface area (Å²) < 4.78 is 0. The zero-order valence-electron chi connectivity index (χ0n) is 7.36. The van der Waals surface area contributed by atoms with E-state index in [9.17, 15) is 4.79 Å². The summed E-state index contributed by atoms with van der Waals surface area (Å²) in [4.78, 5) is 19.2. The van der Waals surface area contributed by atoms with E-state index in [1.54, 1.807) is 17.4 Å². The van der Waals surface area contributed by atoms with E-state index in [0.29, 0.717) is 5.92 Å². The van der Waals surface area contributed by atoms with Crippen molar-refractivity contribution in [3.8, 4) is 0 Å². The first-order chi connectivity index (χ1) is 6.33. The fourth-order valence-corrected chi connectivity index (χ4v) is 2.25. The number of nitrogens with zero attached hydrogens (tertiary/aromatic N) is 2. The van der Waals surface area contributed by atoms with Gasteiger partial charge >= 0.3 is 0 Å². The number of rotatable bonds is 3. The highest BCUT2D eigenvalue weighted by Crippen LogP contribution is 2.43. The zero-order valence-corrected chi connectivity index (χ0v) is 8.17. The third-order valence-electron chi connectivity index (χ3n) is 2.21. The fourth-order valence-electron chi connectivity index (χ4n) is 1.38. The van der Waals surface area contributed by atoms with Crippen LogP contribution in [0.4, 0.5) is 0 Å². The van der Waals surface area contributed by atoms with E-state index in [0.717, 1.165) is 10.6 Å². The first kappa shape index (κ1) is 8.60. The first-order valence-corrected chi connectivity index (χ1v) is 5.21. The molecule has 0 spiro atoms. The molecule has 1 heterocycles. The monoisotopic (exact) mass is 194 g/mol. The van der Waals surface area contributed by atoms with Crippen LogP contribution in [0.1, 0.15) is 42.3 Å². The molecule has 1 fully saturated rings. The third-order valence-corrected chi connectivity index (χ3v) is 3.23. The Hall–Kier alpha value is -0.990. The number of carbonyl (C=O) groups excluding carboxylic acids is 1. The Kier molecular flexibility index (Phi) is 2.25. The minimum atomic E-state index is -0.0689. The highest BCUT2D eigenvalue weighted by molar-refractivity contribution is 7.09. The van der Waals surface area contributed by atoms with E-state index < -0.39 is 0 Å². The lowest BCUT2D eigenvalue weighted by Crippen LogP contribution is -1.91. The summed E-state index contributed by atoms with van der Waals surface area (Å²) in [5.74, 6) is 0.630. The quantitative estimate of drug-likeness (QED) is 0.547. The largest absolute Gasteiger partial charge is 0.249 e. The van der Waals surface area contributed by atoms with E-state index >= 15 is 0 Å². The van der Waals surface area contributed by atoms with Crippen LogP contribution in [0, 0.1) is 0 Å². The zero-order chi connectivity index (χ0) is 9.26. The number of isocyanates is 1. The van der Waals surface area contributed by atoms with Gasteiger partial charge in [0, 0.05) is 5.92 Å². The van der Waals surface area contributed by atoms with Gasteiger partial charge in [-0.25, -0.2) is 9.78 Å². The normalized spacial score (nSPS) is 17.9. The van der Waals surface area contributed by atoms with Gasteiger partial charge in [-0.3, -0.25) is 0 Å². The van der Waals surface area contributed by atoms with Gasteiger partial charge < -0.3 is 0 Å². The number of thiazole rings is 1. The first-order valence-electron chi connectivity index (χ1n) is 4.33.